The predicted octanol–water partition coefficient (Wildman–Crippen LogP) is 3.22. The zero-order valence-corrected chi connectivity index (χ0v) is 14.2. The molecule has 0 radical (unpaired) electrons. The van der Waals surface area contributed by atoms with Crippen LogP contribution < -0.4 is 10.1 Å². The number of aromatic amines is 1. The van der Waals surface area contributed by atoms with Crippen molar-refractivity contribution in [2.75, 3.05) is 13.7 Å². The number of nitrogens with zero attached hydrogens (tertiary/aromatic N) is 1. The van der Waals surface area contributed by atoms with Crippen molar-refractivity contribution in [2.24, 2.45) is 0 Å². The number of aromatic nitrogens is 2. The fraction of sp³-hybridized carbons (Fsp3) is 0.294. The molecule has 3 rings (SSSR count). The molecule has 1 aromatic carbocycles. The molecular weight excluding hydrogens is 310 g/mol. The van der Waals surface area contributed by atoms with Gasteiger partial charge in [0.25, 0.3) is 5.91 Å². The number of fused-ring (bicyclic) bond motifs is 1. The molecule has 2 aromatic heterocycles. The maximum atomic E-state index is 12.2. The molecule has 0 atom stereocenters. The first-order valence-corrected chi connectivity index (χ1v) is 8.26. The molecule has 120 valence electrons. The first-order valence-electron chi connectivity index (χ1n) is 7.44. The molecule has 0 saturated carbocycles. The van der Waals surface area contributed by atoms with E-state index in [1.165, 1.54) is 11.3 Å². The van der Waals surface area contributed by atoms with E-state index >= 15 is 0 Å². The number of aryl methyl sites for hydroxylation is 2. The summed E-state index contributed by atoms with van der Waals surface area (Å²) in [7, 11) is 1.66. The van der Waals surface area contributed by atoms with E-state index in [0.717, 1.165) is 39.3 Å². The molecule has 0 aliphatic heterocycles. The summed E-state index contributed by atoms with van der Waals surface area (Å²) in [6.07, 6.45) is 2.74. The van der Waals surface area contributed by atoms with Crippen molar-refractivity contribution < 1.29 is 9.53 Å². The molecular formula is C17H19N3O2S. The lowest BCUT2D eigenvalue weighted by Gasteiger charge is -2.04. The number of hydrogen-bond donors (Lipinski definition) is 2. The molecule has 5 nitrogen and oxygen atoms in total. The SMILES string of the molecule is COc1ccc2[nH]cc(CCNC(=O)c3sc(C)nc3C)c2c1. The average Bonchev–Trinajstić information content (AvgIpc) is 3.09. The Morgan fingerprint density at radius 1 is 1.39 bits per heavy atom. The molecule has 6 heteroatoms. The van der Waals surface area contributed by atoms with Crippen molar-refractivity contribution in [3.63, 3.8) is 0 Å². The molecule has 0 fully saturated rings. The molecule has 0 aliphatic carbocycles. The van der Waals surface area contributed by atoms with Crippen LogP contribution >= 0.6 is 11.3 Å². The van der Waals surface area contributed by atoms with E-state index in [4.69, 9.17) is 4.74 Å². The monoisotopic (exact) mass is 329 g/mol. The Bertz CT molecular complexity index is 851. The number of carbonyl (C=O) groups is 1. The smallest absolute Gasteiger partial charge is 0.263 e. The number of methoxy groups -OCH3 is 1. The van der Waals surface area contributed by atoms with Gasteiger partial charge in [0.1, 0.15) is 10.6 Å². The highest BCUT2D eigenvalue weighted by Gasteiger charge is 2.13. The highest BCUT2D eigenvalue weighted by atomic mass is 32.1. The van der Waals surface area contributed by atoms with Crippen LogP contribution in [0.5, 0.6) is 5.75 Å². The summed E-state index contributed by atoms with van der Waals surface area (Å²) in [4.78, 5) is 20.4. The van der Waals surface area contributed by atoms with Gasteiger partial charge in [-0.05, 0) is 44.0 Å². The van der Waals surface area contributed by atoms with Crippen LogP contribution in [0.3, 0.4) is 0 Å². The van der Waals surface area contributed by atoms with E-state index in [0.29, 0.717) is 11.4 Å². The van der Waals surface area contributed by atoms with Crippen LogP contribution in [0.25, 0.3) is 10.9 Å². The van der Waals surface area contributed by atoms with Gasteiger partial charge in [-0.25, -0.2) is 4.98 Å². The van der Waals surface area contributed by atoms with Crippen molar-refractivity contribution in [1.82, 2.24) is 15.3 Å². The first-order chi connectivity index (χ1) is 11.1. The van der Waals surface area contributed by atoms with E-state index in [2.05, 4.69) is 15.3 Å². The summed E-state index contributed by atoms with van der Waals surface area (Å²) in [5, 5.41) is 5.01. The Labute approximate surface area is 138 Å². The van der Waals surface area contributed by atoms with Crippen molar-refractivity contribution in [2.45, 2.75) is 20.3 Å². The minimum absolute atomic E-state index is 0.0504. The van der Waals surface area contributed by atoms with Crippen molar-refractivity contribution in [3.8, 4) is 5.75 Å². The van der Waals surface area contributed by atoms with Gasteiger partial charge in [0.05, 0.1) is 17.8 Å². The summed E-state index contributed by atoms with van der Waals surface area (Å²) in [5.41, 5.74) is 3.03. The number of benzene rings is 1. The Balaban J connectivity index is 1.67. The summed E-state index contributed by atoms with van der Waals surface area (Å²) < 4.78 is 5.27. The average molecular weight is 329 g/mol. The highest BCUT2D eigenvalue weighted by molar-refractivity contribution is 7.13. The second-order valence-electron chi connectivity index (χ2n) is 5.38. The number of ether oxygens (including phenoxy) is 1. The Morgan fingerprint density at radius 3 is 2.91 bits per heavy atom. The van der Waals surface area contributed by atoms with Gasteiger partial charge >= 0.3 is 0 Å². The topological polar surface area (TPSA) is 67.0 Å². The van der Waals surface area contributed by atoms with E-state index in [9.17, 15) is 4.79 Å². The van der Waals surface area contributed by atoms with Gasteiger partial charge in [-0.2, -0.15) is 0 Å². The van der Waals surface area contributed by atoms with Gasteiger partial charge in [-0.15, -0.1) is 11.3 Å². The molecule has 0 saturated heterocycles. The first kappa shape index (κ1) is 15.6. The molecule has 0 spiro atoms. The van der Waals surface area contributed by atoms with Gasteiger partial charge in [-0.1, -0.05) is 0 Å². The minimum Gasteiger partial charge on any atom is -0.497 e. The maximum absolute atomic E-state index is 12.2. The Kier molecular flexibility index (Phi) is 4.34. The number of thiazole rings is 1. The third-order valence-electron chi connectivity index (χ3n) is 3.76. The third-order valence-corrected chi connectivity index (χ3v) is 4.84. The summed E-state index contributed by atoms with van der Waals surface area (Å²) in [6, 6.07) is 5.94. The number of hydrogen-bond acceptors (Lipinski definition) is 4. The largest absolute Gasteiger partial charge is 0.497 e. The standard InChI is InChI=1S/C17H19N3O2S/c1-10-16(23-11(2)20-10)17(21)18-7-6-12-9-19-15-5-4-13(22-3)8-14(12)15/h4-5,8-9,19H,6-7H2,1-3H3,(H,18,21). The van der Waals surface area contributed by atoms with Crippen LogP contribution in [0.4, 0.5) is 0 Å². The number of nitrogens with one attached hydrogen (secondary N) is 2. The van der Waals surface area contributed by atoms with Crippen molar-refractivity contribution >= 4 is 28.1 Å². The van der Waals surface area contributed by atoms with Crippen LogP contribution in [0.15, 0.2) is 24.4 Å². The Hall–Kier alpha value is -2.34. The number of amides is 1. The lowest BCUT2D eigenvalue weighted by atomic mass is 10.1. The molecule has 1 amide bonds. The number of carbonyl (C=O) groups excluding carboxylic acids is 1. The molecule has 0 aliphatic rings. The van der Waals surface area contributed by atoms with E-state index in [-0.39, 0.29) is 5.91 Å². The Morgan fingerprint density at radius 2 is 2.22 bits per heavy atom. The van der Waals surface area contributed by atoms with Crippen LogP contribution in [-0.4, -0.2) is 29.5 Å². The fourth-order valence-electron chi connectivity index (χ4n) is 2.62. The number of rotatable bonds is 5. The summed E-state index contributed by atoms with van der Waals surface area (Å²) >= 11 is 1.43. The normalized spacial score (nSPS) is 10.9. The zero-order chi connectivity index (χ0) is 16.4. The van der Waals surface area contributed by atoms with Crippen LogP contribution in [0.2, 0.25) is 0 Å². The fourth-order valence-corrected chi connectivity index (χ4v) is 3.46. The molecule has 2 N–H and O–H groups in total. The number of H-pyrrole nitrogens is 1. The van der Waals surface area contributed by atoms with Gasteiger partial charge in [-0.3, -0.25) is 4.79 Å². The van der Waals surface area contributed by atoms with Crippen molar-refractivity contribution in [1.29, 1.82) is 0 Å². The second-order valence-corrected chi connectivity index (χ2v) is 6.58. The van der Waals surface area contributed by atoms with Gasteiger partial charge in [0.15, 0.2) is 0 Å². The van der Waals surface area contributed by atoms with E-state index < -0.39 is 0 Å². The highest BCUT2D eigenvalue weighted by Crippen LogP contribution is 2.24. The second kappa shape index (κ2) is 6.42. The summed E-state index contributed by atoms with van der Waals surface area (Å²) in [6.45, 7) is 4.36. The van der Waals surface area contributed by atoms with Crippen LogP contribution in [0.1, 0.15) is 25.9 Å². The van der Waals surface area contributed by atoms with Gasteiger partial charge < -0.3 is 15.0 Å². The molecule has 3 aromatic rings. The lowest BCUT2D eigenvalue weighted by Crippen LogP contribution is -2.25. The molecule has 0 unspecified atom stereocenters. The zero-order valence-electron chi connectivity index (χ0n) is 13.4. The lowest BCUT2D eigenvalue weighted by molar-refractivity contribution is 0.0957. The predicted molar refractivity (Wildman–Crippen MR) is 92.5 cm³/mol. The van der Waals surface area contributed by atoms with Crippen LogP contribution in [0, 0.1) is 13.8 Å². The summed E-state index contributed by atoms with van der Waals surface area (Å²) in [5.74, 6) is 0.781. The van der Waals surface area contributed by atoms with Gasteiger partial charge in [0, 0.05) is 23.6 Å². The van der Waals surface area contributed by atoms with Crippen molar-refractivity contribution in [3.05, 3.63) is 45.5 Å². The molecule has 23 heavy (non-hydrogen) atoms. The minimum atomic E-state index is -0.0504. The van der Waals surface area contributed by atoms with E-state index in [1.54, 1.807) is 7.11 Å². The van der Waals surface area contributed by atoms with Crippen LogP contribution in [-0.2, 0) is 6.42 Å². The third kappa shape index (κ3) is 3.22. The molecule has 2 heterocycles. The van der Waals surface area contributed by atoms with E-state index in [1.807, 2.05) is 38.2 Å². The maximum Gasteiger partial charge on any atom is 0.263 e. The quantitative estimate of drug-likeness (QED) is 0.755. The molecule has 0 bridgehead atoms. The van der Waals surface area contributed by atoms with Gasteiger partial charge in [0.2, 0.25) is 0 Å².